The molecule has 122 valence electrons. The van der Waals surface area contributed by atoms with Crippen LogP contribution in [0.1, 0.15) is 33.9 Å². The highest BCUT2D eigenvalue weighted by Crippen LogP contribution is 2.29. The summed E-state index contributed by atoms with van der Waals surface area (Å²) < 4.78 is 37.3. The number of Topliss-reactive ketones (excluding diaryl/α,β-unsaturated/α-hetero) is 1. The smallest absolute Gasteiger partial charge is 0.341 e. The SMILES string of the molecule is CC(=O)c1sccc1-c1ccc(C(=O)NC(C)C(F)(F)F)cc1. The average molecular weight is 341 g/mol. The molecule has 0 aliphatic carbocycles. The summed E-state index contributed by atoms with van der Waals surface area (Å²) in [4.78, 5) is 23.9. The van der Waals surface area contributed by atoms with Crippen LogP contribution in [0.2, 0.25) is 0 Å². The van der Waals surface area contributed by atoms with Crippen molar-refractivity contribution in [2.75, 3.05) is 0 Å². The van der Waals surface area contributed by atoms with Gasteiger partial charge in [-0.1, -0.05) is 12.1 Å². The molecule has 2 aromatic rings. The van der Waals surface area contributed by atoms with Crippen molar-refractivity contribution >= 4 is 23.0 Å². The Kier molecular flexibility index (Phi) is 4.89. The van der Waals surface area contributed by atoms with Crippen LogP contribution in [0, 0.1) is 0 Å². The molecule has 1 aromatic carbocycles. The first-order valence-corrected chi connectivity index (χ1v) is 7.64. The summed E-state index contributed by atoms with van der Waals surface area (Å²) in [5, 5.41) is 3.69. The zero-order valence-electron chi connectivity index (χ0n) is 12.4. The van der Waals surface area contributed by atoms with E-state index in [1.807, 2.05) is 5.32 Å². The van der Waals surface area contributed by atoms with E-state index < -0.39 is 18.1 Å². The molecule has 0 aliphatic heterocycles. The minimum atomic E-state index is -4.48. The van der Waals surface area contributed by atoms with Gasteiger partial charge >= 0.3 is 6.18 Å². The van der Waals surface area contributed by atoms with Crippen molar-refractivity contribution < 1.29 is 22.8 Å². The molecule has 1 amide bonds. The molecule has 0 bridgehead atoms. The number of thiophene rings is 1. The number of halogens is 3. The number of nitrogens with one attached hydrogen (secondary N) is 1. The van der Waals surface area contributed by atoms with Gasteiger partial charge in [-0.05, 0) is 43.0 Å². The number of carbonyl (C=O) groups excluding carboxylic acids is 2. The fraction of sp³-hybridized carbons (Fsp3) is 0.250. The Morgan fingerprint density at radius 3 is 2.26 bits per heavy atom. The third-order valence-electron chi connectivity index (χ3n) is 3.28. The molecule has 1 unspecified atom stereocenters. The quantitative estimate of drug-likeness (QED) is 0.843. The number of amides is 1. The number of benzene rings is 1. The maximum atomic E-state index is 12.4. The van der Waals surface area contributed by atoms with E-state index in [2.05, 4.69) is 0 Å². The van der Waals surface area contributed by atoms with Crippen LogP contribution in [0.5, 0.6) is 0 Å². The molecule has 1 heterocycles. The molecule has 1 N–H and O–H groups in total. The Morgan fingerprint density at radius 1 is 1.13 bits per heavy atom. The van der Waals surface area contributed by atoms with E-state index >= 15 is 0 Å². The second-order valence-corrected chi connectivity index (χ2v) is 5.95. The Bertz CT molecular complexity index is 720. The van der Waals surface area contributed by atoms with Gasteiger partial charge in [-0.2, -0.15) is 13.2 Å². The number of hydrogen-bond acceptors (Lipinski definition) is 3. The summed E-state index contributed by atoms with van der Waals surface area (Å²) >= 11 is 1.32. The highest BCUT2D eigenvalue weighted by molar-refractivity contribution is 7.12. The Balaban J connectivity index is 2.18. The van der Waals surface area contributed by atoms with Gasteiger partial charge in [-0.15, -0.1) is 11.3 Å². The van der Waals surface area contributed by atoms with Crippen molar-refractivity contribution in [1.82, 2.24) is 5.32 Å². The topological polar surface area (TPSA) is 46.2 Å². The van der Waals surface area contributed by atoms with Crippen molar-refractivity contribution in [3.05, 3.63) is 46.2 Å². The van der Waals surface area contributed by atoms with Gasteiger partial charge in [0.2, 0.25) is 0 Å². The molecule has 7 heteroatoms. The van der Waals surface area contributed by atoms with E-state index in [1.165, 1.54) is 30.4 Å². The predicted octanol–water partition coefficient (Wildman–Crippen LogP) is 4.30. The largest absolute Gasteiger partial charge is 0.408 e. The number of rotatable bonds is 4. The molecule has 0 aliphatic rings. The third kappa shape index (κ3) is 3.98. The molecule has 2 rings (SSSR count). The number of alkyl halides is 3. The van der Waals surface area contributed by atoms with E-state index in [0.29, 0.717) is 4.88 Å². The molecule has 0 fully saturated rings. The van der Waals surface area contributed by atoms with E-state index in [9.17, 15) is 22.8 Å². The second-order valence-electron chi connectivity index (χ2n) is 5.03. The minimum Gasteiger partial charge on any atom is -0.341 e. The van der Waals surface area contributed by atoms with Gasteiger partial charge < -0.3 is 5.32 Å². The van der Waals surface area contributed by atoms with Gasteiger partial charge in [-0.3, -0.25) is 9.59 Å². The first-order chi connectivity index (χ1) is 10.7. The summed E-state index contributed by atoms with van der Waals surface area (Å²) in [7, 11) is 0. The molecular formula is C16H14F3NO2S. The predicted molar refractivity (Wildman–Crippen MR) is 82.7 cm³/mol. The maximum Gasteiger partial charge on any atom is 0.408 e. The number of hydrogen-bond donors (Lipinski definition) is 1. The second kappa shape index (κ2) is 6.54. The minimum absolute atomic E-state index is 0.0594. The van der Waals surface area contributed by atoms with Gasteiger partial charge in [0.05, 0.1) is 4.88 Å². The van der Waals surface area contributed by atoms with Crippen LogP contribution in [-0.2, 0) is 0 Å². The Labute approximate surface area is 135 Å². The van der Waals surface area contributed by atoms with Crippen LogP contribution in [0.25, 0.3) is 11.1 Å². The molecule has 23 heavy (non-hydrogen) atoms. The van der Waals surface area contributed by atoms with Crippen molar-refractivity contribution in [2.45, 2.75) is 26.1 Å². The van der Waals surface area contributed by atoms with Gasteiger partial charge in [-0.25, -0.2) is 0 Å². The van der Waals surface area contributed by atoms with E-state index in [1.54, 1.807) is 23.6 Å². The molecule has 1 atom stereocenters. The molecular weight excluding hydrogens is 327 g/mol. The van der Waals surface area contributed by atoms with Gasteiger partial charge in [0, 0.05) is 11.1 Å². The lowest BCUT2D eigenvalue weighted by atomic mass is 10.0. The van der Waals surface area contributed by atoms with Crippen LogP contribution >= 0.6 is 11.3 Å². The third-order valence-corrected chi connectivity index (χ3v) is 4.30. The van der Waals surface area contributed by atoms with E-state index in [0.717, 1.165) is 18.1 Å². The first kappa shape index (κ1) is 17.2. The van der Waals surface area contributed by atoms with Crippen LogP contribution < -0.4 is 5.32 Å². The fourth-order valence-corrected chi connectivity index (χ4v) is 2.79. The van der Waals surface area contributed by atoms with Crippen molar-refractivity contribution in [1.29, 1.82) is 0 Å². The van der Waals surface area contributed by atoms with Gasteiger partial charge in [0.25, 0.3) is 5.91 Å². The average Bonchev–Trinajstić information content (AvgIpc) is 2.96. The summed E-state index contributed by atoms with van der Waals surface area (Å²) in [6, 6.07) is 5.98. The van der Waals surface area contributed by atoms with Crippen molar-refractivity contribution in [3.63, 3.8) is 0 Å². The van der Waals surface area contributed by atoms with Crippen LogP contribution in [0.4, 0.5) is 13.2 Å². The summed E-state index contributed by atoms with van der Waals surface area (Å²) in [5.41, 5.74) is 1.61. The molecule has 0 saturated carbocycles. The summed E-state index contributed by atoms with van der Waals surface area (Å²) in [6.45, 7) is 2.35. The molecule has 1 aromatic heterocycles. The van der Waals surface area contributed by atoms with Crippen LogP contribution in [0.15, 0.2) is 35.7 Å². The Morgan fingerprint density at radius 2 is 1.74 bits per heavy atom. The normalized spacial score (nSPS) is 12.7. The monoisotopic (exact) mass is 341 g/mol. The highest BCUT2D eigenvalue weighted by Gasteiger charge is 2.37. The molecule has 3 nitrogen and oxygen atoms in total. The lowest BCUT2D eigenvalue weighted by Gasteiger charge is -2.17. The number of ketones is 1. The van der Waals surface area contributed by atoms with Crippen LogP contribution in [-0.4, -0.2) is 23.9 Å². The lowest BCUT2D eigenvalue weighted by Crippen LogP contribution is -2.43. The van der Waals surface area contributed by atoms with Crippen molar-refractivity contribution in [3.8, 4) is 11.1 Å². The summed E-state index contributed by atoms with van der Waals surface area (Å²) in [5.74, 6) is -0.852. The van der Waals surface area contributed by atoms with Gasteiger partial charge in [0.1, 0.15) is 6.04 Å². The van der Waals surface area contributed by atoms with Crippen LogP contribution in [0.3, 0.4) is 0 Å². The zero-order chi connectivity index (χ0) is 17.2. The lowest BCUT2D eigenvalue weighted by molar-refractivity contribution is -0.149. The molecule has 0 spiro atoms. The molecule has 0 radical (unpaired) electrons. The van der Waals surface area contributed by atoms with E-state index in [-0.39, 0.29) is 11.3 Å². The summed E-state index contributed by atoms with van der Waals surface area (Å²) in [6.07, 6.45) is -4.48. The highest BCUT2D eigenvalue weighted by atomic mass is 32.1. The first-order valence-electron chi connectivity index (χ1n) is 6.76. The molecule has 0 saturated heterocycles. The maximum absolute atomic E-state index is 12.4. The van der Waals surface area contributed by atoms with Crippen molar-refractivity contribution in [2.24, 2.45) is 0 Å². The van der Waals surface area contributed by atoms with E-state index in [4.69, 9.17) is 0 Å². The number of carbonyl (C=O) groups is 2. The fourth-order valence-electron chi connectivity index (χ4n) is 1.97. The standard InChI is InChI=1S/C16H14F3NO2S/c1-9(21)14-13(7-8-23-14)11-3-5-12(6-4-11)15(22)20-10(2)16(17,18)19/h3-8,10H,1-2H3,(H,20,22). The zero-order valence-corrected chi connectivity index (χ0v) is 13.2. The Hall–Kier alpha value is -2.15. The van der Waals surface area contributed by atoms with Gasteiger partial charge in [0.15, 0.2) is 5.78 Å².